The van der Waals surface area contributed by atoms with Gasteiger partial charge in [-0.3, -0.25) is 0 Å². The van der Waals surface area contributed by atoms with E-state index in [2.05, 4.69) is 29.2 Å². The van der Waals surface area contributed by atoms with E-state index in [1.807, 2.05) is 0 Å². The molecule has 0 bridgehead atoms. The number of nitrogens with zero attached hydrogens (tertiary/aromatic N) is 1. The maximum atomic E-state index is 10.2. The minimum Gasteiger partial charge on any atom is -0.389 e. The summed E-state index contributed by atoms with van der Waals surface area (Å²) in [6.07, 6.45) is 4.96. The number of anilines is 1. The summed E-state index contributed by atoms with van der Waals surface area (Å²) in [4.78, 5) is 2.53. The fourth-order valence-corrected chi connectivity index (χ4v) is 3.40. The van der Waals surface area contributed by atoms with Gasteiger partial charge in [-0.1, -0.05) is 18.2 Å². The molecular weight excluding hydrogens is 224 g/mol. The first kappa shape index (κ1) is 12.0. The van der Waals surface area contributed by atoms with E-state index in [9.17, 15) is 5.11 Å². The van der Waals surface area contributed by atoms with Crippen LogP contribution in [0, 0.1) is 0 Å². The summed E-state index contributed by atoms with van der Waals surface area (Å²) >= 11 is 0. The third kappa shape index (κ3) is 2.02. The van der Waals surface area contributed by atoms with Gasteiger partial charge in [-0.2, -0.15) is 0 Å². The van der Waals surface area contributed by atoms with Crippen molar-refractivity contribution in [1.82, 2.24) is 0 Å². The number of aliphatic hydroxyl groups is 1. The highest BCUT2D eigenvalue weighted by Crippen LogP contribution is 2.36. The number of nitrogens with two attached hydrogens (primary N) is 1. The monoisotopic (exact) mass is 246 g/mol. The number of benzene rings is 1. The molecule has 0 radical (unpaired) electrons. The lowest BCUT2D eigenvalue weighted by molar-refractivity contribution is 0.00775. The first-order chi connectivity index (χ1) is 8.72. The van der Waals surface area contributed by atoms with Gasteiger partial charge in [-0.15, -0.1) is 0 Å². The molecule has 0 unspecified atom stereocenters. The van der Waals surface area contributed by atoms with E-state index in [-0.39, 0.29) is 0 Å². The van der Waals surface area contributed by atoms with Crippen LogP contribution >= 0.6 is 0 Å². The Hall–Kier alpha value is -1.06. The van der Waals surface area contributed by atoms with Gasteiger partial charge >= 0.3 is 0 Å². The predicted molar refractivity (Wildman–Crippen MR) is 73.8 cm³/mol. The topological polar surface area (TPSA) is 49.5 Å². The van der Waals surface area contributed by atoms with Crippen molar-refractivity contribution in [2.45, 2.75) is 43.7 Å². The molecule has 1 aromatic carbocycles. The maximum absolute atomic E-state index is 10.2. The number of para-hydroxylation sites is 1. The van der Waals surface area contributed by atoms with Crippen LogP contribution in [0.5, 0.6) is 0 Å². The van der Waals surface area contributed by atoms with E-state index < -0.39 is 5.60 Å². The second-order valence-electron chi connectivity index (χ2n) is 5.73. The van der Waals surface area contributed by atoms with Gasteiger partial charge < -0.3 is 15.7 Å². The zero-order valence-electron chi connectivity index (χ0n) is 10.8. The smallest absolute Gasteiger partial charge is 0.0770 e. The fraction of sp³-hybridized carbons (Fsp3) is 0.600. The van der Waals surface area contributed by atoms with Gasteiger partial charge in [0, 0.05) is 24.8 Å². The molecule has 3 nitrogen and oxygen atoms in total. The lowest BCUT2D eigenvalue weighted by Crippen LogP contribution is -2.46. The largest absolute Gasteiger partial charge is 0.389 e. The van der Waals surface area contributed by atoms with Crippen molar-refractivity contribution in [2.75, 3.05) is 18.0 Å². The Bertz CT molecular complexity index is 424. The van der Waals surface area contributed by atoms with Crippen LogP contribution in [0.1, 0.15) is 31.2 Å². The van der Waals surface area contributed by atoms with Crippen LogP contribution in [0.4, 0.5) is 5.69 Å². The van der Waals surface area contributed by atoms with Gasteiger partial charge in [0.25, 0.3) is 0 Å². The zero-order valence-corrected chi connectivity index (χ0v) is 10.8. The molecule has 0 spiro atoms. The quantitative estimate of drug-likeness (QED) is 0.834. The van der Waals surface area contributed by atoms with Crippen molar-refractivity contribution in [3.8, 4) is 0 Å². The van der Waals surface area contributed by atoms with Crippen LogP contribution in [-0.4, -0.2) is 29.8 Å². The SMILES string of the molecule is NCC1(O)CCC(N2CCc3ccccc32)CC1. The molecule has 2 aliphatic rings. The Morgan fingerprint density at radius 2 is 2.00 bits per heavy atom. The van der Waals surface area contributed by atoms with Gasteiger partial charge in [0.2, 0.25) is 0 Å². The number of hydrogen-bond acceptors (Lipinski definition) is 3. The molecule has 0 aromatic heterocycles. The Labute approximate surface area is 109 Å². The molecule has 1 aromatic rings. The first-order valence-corrected chi connectivity index (χ1v) is 6.99. The molecule has 1 saturated carbocycles. The van der Waals surface area contributed by atoms with Crippen LogP contribution < -0.4 is 10.6 Å². The molecule has 3 N–H and O–H groups in total. The number of hydrogen-bond donors (Lipinski definition) is 2. The third-order valence-electron chi connectivity index (χ3n) is 4.63. The summed E-state index contributed by atoms with van der Waals surface area (Å²) in [5, 5.41) is 10.2. The first-order valence-electron chi connectivity index (χ1n) is 6.99. The van der Waals surface area contributed by atoms with Gasteiger partial charge in [-0.25, -0.2) is 0 Å². The van der Waals surface area contributed by atoms with Crippen LogP contribution in [-0.2, 0) is 6.42 Å². The van der Waals surface area contributed by atoms with E-state index in [4.69, 9.17) is 5.73 Å². The lowest BCUT2D eigenvalue weighted by atomic mass is 9.81. The molecule has 3 heteroatoms. The Morgan fingerprint density at radius 1 is 1.28 bits per heavy atom. The highest BCUT2D eigenvalue weighted by atomic mass is 16.3. The molecule has 1 aliphatic heterocycles. The second kappa shape index (κ2) is 4.56. The summed E-state index contributed by atoms with van der Waals surface area (Å²) < 4.78 is 0. The molecule has 0 atom stereocenters. The van der Waals surface area contributed by atoms with Crippen molar-refractivity contribution in [1.29, 1.82) is 0 Å². The fourth-order valence-electron chi connectivity index (χ4n) is 3.40. The highest BCUT2D eigenvalue weighted by Gasteiger charge is 2.35. The van der Waals surface area contributed by atoms with Crippen LogP contribution in [0.2, 0.25) is 0 Å². The molecule has 1 aliphatic carbocycles. The average molecular weight is 246 g/mol. The second-order valence-corrected chi connectivity index (χ2v) is 5.73. The number of fused-ring (bicyclic) bond motifs is 1. The Morgan fingerprint density at radius 3 is 2.72 bits per heavy atom. The summed E-state index contributed by atoms with van der Waals surface area (Å²) in [6.45, 7) is 1.53. The average Bonchev–Trinajstić information content (AvgIpc) is 2.84. The summed E-state index contributed by atoms with van der Waals surface area (Å²) in [5.41, 5.74) is 7.92. The number of rotatable bonds is 2. The maximum Gasteiger partial charge on any atom is 0.0770 e. The molecule has 0 saturated heterocycles. The van der Waals surface area contributed by atoms with Gasteiger partial charge in [-0.05, 0) is 43.7 Å². The van der Waals surface area contributed by atoms with Crippen molar-refractivity contribution in [3.05, 3.63) is 29.8 Å². The normalized spacial score (nSPS) is 31.4. The van der Waals surface area contributed by atoms with Crippen LogP contribution in [0.25, 0.3) is 0 Å². The predicted octanol–water partition coefficient (Wildman–Crippen LogP) is 1.68. The van der Waals surface area contributed by atoms with Crippen molar-refractivity contribution >= 4 is 5.69 Å². The van der Waals surface area contributed by atoms with E-state index >= 15 is 0 Å². The van der Waals surface area contributed by atoms with E-state index in [0.717, 1.165) is 38.6 Å². The molecule has 18 heavy (non-hydrogen) atoms. The van der Waals surface area contributed by atoms with Gasteiger partial charge in [0.05, 0.1) is 5.60 Å². The van der Waals surface area contributed by atoms with Crippen molar-refractivity contribution < 1.29 is 5.11 Å². The van der Waals surface area contributed by atoms with Crippen LogP contribution in [0.15, 0.2) is 24.3 Å². The minimum atomic E-state index is -0.601. The van der Waals surface area contributed by atoms with Crippen molar-refractivity contribution in [2.24, 2.45) is 5.73 Å². The Balaban J connectivity index is 1.72. The van der Waals surface area contributed by atoms with E-state index in [0.29, 0.717) is 12.6 Å². The summed E-state index contributed by atoms with van der Waals surface area (Å²) in [6, 6.07) is 9.29. The molecule has 98 valence electrons. The lowest BCUT2D eigenvalue weighted by Gasteiger charge is -2.40. The molecule has 1 heterocycles. The van der Waals surface area contributed by atoms with Crippen LogP contribution in [0.3, 0.4) is 0 Å². The molecule has 3 rings (SSSR count). The highest BCUT2D eigenvalue weighted by molar-refractivity contribution is 5.58. The summed E-state index contributed by atoms with van der Waals surface area (Å²) in [5.74, 6) is 0. The summed E-state index contributed by atoms with van der Waals surface area (Å²) in [7, 11) is 0. The molecular formula is C15H22N2O. The van der Waals surface area contributed by atoms with Crippen molar-refractivity contribution in [3.63, 3.8) is 0 Å². The Kier molecular flexibility index (Phi) is 3.04. The zero-order chi connectivity index (χ0) is 12.6. The third-order valence-corrected chi connectivity index (χ3v) is 4.63. The van der Waals surface area contributed by atoms with E-state index in [1.165, 1.54) is 11.3 Å². The minimum absolute atomic E-state index is 0.399. The van der Waals surface area contributed by atoms with Gasteiger partial charge in [0.1, 0.15) is 0 Å². The molecule has 0 amide bonds. The van der Waals surface area contributed by atoms with Gasteiger partial charge in [0.15, 0.2) is 0 Å². The standard InChI is InChI=1S/C15H22N2O/c16-11-15(18)8-5-13(6-9-15)17-10-7-12-3-1-2-4-14(12)17/h1-4,13,18H,5-11,16H2. The van der Waals surface area contributed by atoms with E-state index in [1.54, 1.807) is 0 Å². The molecule has 1 fully saturated rings.